The normalized spacial score (nSPS) is 15.6. The zero-order valence-electron chi connectivity index (χ0n) is 13.2. The number of hydrogen-bond acceptors (Lipinski definition) is 5. The maximum Gasteiger partial charge on any atom is 0.252 e. The Kier molecular flexibility index (Phi) is 5.56. The predicted molar refractivity (Wildman–Crippen MR) is 97.7 cm³/mol. The Morgan fingerprint density at radius 2 is 2.17 bits per heavy atom. The molecule has 2 heterocycles. The van der Waals surface area contributed by atoms with Crippen LogP contribution in [-0.4, -0.2) is 35.8 Å². The molecule has 0 aliphatic carbocycles. The van der Waals surface area contributed by atoms with Crippen molar-refractivity contribution in [1.82, 2.24) is 10.3 Å². The number of amides is 1. The number of carbonyl (C=O) groups is 1. The topological polar surface area (TPSA) is 45.2 Å². The predicted octanol–water partition coefficient (Wildman–Crippen LogP) is 3.65. The van der Waals surface area contributed by atoms with E-state index in [-0.39, 0.29) is 11.9 Å². The molecule has 1 amide bonds. The number of benzene rings is 1. The number of aromatic nitrogens is 1. The molecule has 1 aromatic heterocycles. The molecule has 1 aromatic carbocycles. The number of nitrogens with one attached hydrogen (secondary N) is 1. The Morgan fingerprint density at radius 1 is 1.39 bits per heavy atom. The second-order valence-corrected chi connectivity index (χ2v) is 7.66. The molecule has 4 nitrogen and oxygen atoms in total. The Labute approximate surface area is 145 Å². The minimum Gasteiger partial charge on any atom is -0.349 e. The summed E-state index contributed by atoms with van der Waals surface area (Å²) in [5.41, 5.74) is 0.793. The van der Waals surface area contributed by atoms with Crippen molar-refractivity contribution in [2.24, 2.45) is 0 Å². The van der Waals surface area contributed by atoms with Gasteiger partial charge in [-0.3, -0.25) is 4.79 Å². The lowest BCUT2D eigenvalue weighted by Crippen LogP contribution is -2.44. The van der Waals surface area contributed by atoms with Crippen molar-refractivity contribution in [2.45, 2.75) is 30.7 Å². The van der Waals surface area contributed by atoms with Gasteiger partial charge in [0.25, 0.3) is 5.91 Å². The summed E-state index contributed by atoms with van der Waals surface area (Å²) in [6.45, 7) is 4.00. The van der Waals surface area contributed by atoms with Crippen molar-refractivity contribution in [1.29, 1.82) is 0 Å². The van der Waals surface area contributed by atoms with E-state index in [4.69, 9.17) is 0 Å². The molecule has 1 aliphatic heterocycles. The fourth-order valence-corrected chi connectivity index (χ4v) is 4.28. The van der Waals surface area contributed by atoms with Crippen LogP contribution in [0.1, 0.15) is 30.1 Å². The van der Waals surface area contributed by atoms with Gasteiger partial charge in [-0.25, -0.2) is 4.98 Å². The second kappa shape index (κ2) is 7.84. The number of nitrogens with zero attached hydrogens (tertiary/aromatic N) is 2. The fourth-order valence-electron chi connectivity index (χ4n) is 2.79. The minimum atomic E-state index is 0.0502. The lowest BCUT2D eigenvalue weighted by atomic mass is 10.0. The van der Waals surface area contributed by atoms with Crippen LogP contribution in [0.25, 0.3) is 0 Å². The Bertz CT molecular complexity index is 637. The van der Waals surface area contributed by atoms with E-state index in [0.717, 1.165) is 47.3 Å². The average Bonchev–Trinajstić information content (AvgIpc) is 3.11. The number of thioether (sulfide) groups is 1. The van der Waals surface area contributed by atoms with Gasteiger partial charge in [-0.05, 0) is 30.7 Å². The highest BCUT2D eigenvalue weighted by Gasteiger charge is 2.23. The molecular weight excluding hydrogens is 326 g/mol. The molecule has 3 rings (SSSR count). The van der Waals surface area contributed by atoms with Crippen LogP contribution in [0.5, 0.6) is 0 Å². The largest absolute Gasteiger partial charge is 0.349 e. The van der Waals surface area contributed by atoms with E-state index in [1.165, 1.54) is 0 Å². The molecule has 6 heteroatoms. The van der Waals surface area contributed by atoms with Crippen LogP contribution in [0.4, 0.5) is 5.13 Å². The highest BCUT2D eigenvalue weighted by atomic mass is 32.2. The molecule has 1 aliphatic rings. The first-order valence-electron chi connectivity index (χ1n) is 7.95. The third-order valence-corrected chi connectivity index (χ3v) is 5.74. The third kappa shape index (κ3) is 4.06. The minimum absolute atomic E-state index is 0.0502. The van der Waals surface area contributed by atoms with E-state index in [0.29, 0.717) is 0 Å². The lowest BCUT2D eigenvalue weighted by molar-refractivity contribution is 0.0928. The van der Waals surface area contributed by atoms with Crippen molar-refractivity contribution in [2.75, 3.05) is 23.7 Å². The number of piperidine rings is 1. The lowest BCUT2D eigenvalue weighted by Gasteiger charge is -2.32. The van der Waals surface area contributed by atoms with Gasteiger partial charge in [-0.2, -0.15) is 0 Å². The van der Waals surface area contributed by atoms with E-state index in [2.05, 4.69) is 22.1 Å². The number of hydrogen-bond donors (Lipinski definition) is 1. The first-order valence-corrected chi connectivity index (χ1v) is 9.81. The van der Waals surface area contributed by atoms with Gasteiger partial charge in [0.1, 0.15) is 0 Å². The van der Waals surface area contributed by atoms with Crippen LogP contribution in [0.3, 0.4) is 0 Å². The summed E-state index contributed by atoms with van der Waals surface area (Å²) in [4.78, 5) is 20.3. The molecular formula is C17H21N3OS2. The molecule has 1 saturated heterocycles. The zero-order valence-corrected chi connectivity index (χ0v) is 14.8. The second-order valence-electron chi connectivity index (χ2n) is 5.48. The first-order chi connectivity index (χ1) is 11.3. The van der Waals surface area contributed by atoms with Crippen LogP contribution < -0.4 is 10.2 Å². The molecule has 0 saturated carbocycles. The van der Waals surface area contributed by atoms with E-state index < -0.39 is 0 Å². The van der Waals surface area contributed by atoms with Gasteiger partial charge < -0.3 is 10.2 Å². The number of rotatable bonds is 5. The number of thiazole rings is 1. The van der Waals surface area contributed by atoms with E-state index in [9.17, 15) is 4.79 Å². The summed E-state index contributed by atoms with van der Waals surface area (Å²) >= 11 is 3.39. The van der Waals surface area contributed by atoms with Crippen LogP contribution in [-0.2, 0) is 0 Å². The van der Waals surface area contributed by atoms with Gasteiger partial charge >= 0.3 is 0 Å². The van der Waals surface area contributed by atoms with Crippen LogP contribution in [0, 0.1) is 0 Å². The monoisotopic (exact) mass is 347 g/mol. The summed E-state index contributed by atoms with van der Waals surface area (Å²) in [5, 5.41) is 6.29. The van der Waals surface area contributed by atoms with Crippen LogP contribution in [0.15, 0.2) is 40.7 Å². The molecule has 2 aromatic rings. The maximum atomic E-state index is 12.6. The highest BCUT2D eigenvalue weighted by molar-refractivity contribution is 7.99. The van der Waals surface area contributed by atoms with Gasteiger partial charge in [0, 0.05) is 35.6 Å². The van der Waals surface area contributed by atoms with Crippen molar-refractivity contribution < 1.29 is 4.79 Å². The summed E-state index contributed by atoms with van der Waals surface area (Å²) in [7, 11) is 0. The molecule has 0 atom stereocenters. The molecule has 23 heavy (non-hydrogen) atoms. The smallest absolute Gasteiger partial charge is 0.252 e. The van der Waals surface area contributed by atoms with E-state index in [1.54, 1.807) is 23.1 Å². The van der Waals surface area contributed by atoms with Crippen molar-refractivity contribution >= 4 is 34.1 Å². The van der Waals surface area contributed by atoms with Gasteiger partial charge in [0.2, 0.25) is 0 Å². The molecule has 0 bridgehead atoms. The van der Waals surface area contributed by atoms with Crippen LogP contribution >= 0.6 is 23.1 Å². The number of anilines is 1. The summed E-state index contributed by atoms with van der Waals surface area (Å²) in [5.74, 6) is 1.02. The SMILES string of the molecule is CCSc1ccccc1C(=O)NC1CCN(c2nccs2)CC1. The summed E-state index contributed by atoms with van der Waals surface area (Å²) in [6.07, 6.45) is 3.78. The van der Waals surface area contributed by atoms with Gasteiger partial charge in [-0.15, -0.1) is 23.1 Å². The van der Waals surface area contributed by atoms with Gasteiger partial charge in [0.15, 0.2) is 5.13 Å². The Hall–Kier alpha value is -1.53. The summed E-state index contributed by atoms with van der Waals surface area (Å²) in [6, 6.07) is 8.10. The maximum absolute atomic E-state index is 12.6. The third-order valence-electron chi connectivity index (χ3n) is 3.95. The van der Waals surface area contributed by atoms with Gasteiger partial charge in [-0.1, -0.05) is 19.1 Å². The van der Waals surface area contributed by atoms with Gasteiger partial charge in [0.05, 0.1) is 5.56 Å². The zero-order chi connectivity index (χ0) is 16.1. The standard InChI is InChI=1S/C17H21N3OS2/c1-2-22-15-6-4-3-5-14(15)16(21)19-13-7-10-20(11-8-13)17-18-9-12-23-17/h3-6,9,12-13H,2,7-8,10-11H2,1H3,(H,19,21). The first kappa shape index (κ1) is 16.3. The van der Waals surface area contributed by atoms with Crippen LogP contribution in [0.2, 0.25) is 0 Å². The molecule has 0 spiro atoms. The van der Waals surface area contributed by atoms with Crippen molar-refractivity contribution in [3.8, 4) is 0 Å². The average molecular weight is 348 g/mol. The fraction of sp³-hybridized carbons (Fsp3) is 0.412. The molecule has 0 radical (unpaired) electrons. The highest BCUT2D eigenvalue weighted by Crippen LogP contribution is 2.24. The molecule has 0 unspecified atom stereocenters. The number of carbonyl (C=O) groups excluding carboxylic acids is 1. The molecule has 122 valence electrons. The Balaban J connectivity index is 1.57. The molecule has 1 N–H and O–H groups in total. The Morgan fingerprint density at radius 3 is 2.87 bits per heavy atom. The quantitative estimate of drug-likeness (QED) is 0.839. The van der Waals surface area contributed by atoms with E-state index in [1.807, 2.05) is 35.8 Å². The van der Waals surface area contributed by atoms with Crippen molar-refractivity contribution in [3.63, 3.8) is 0 Å². The summed E-state index contributed by atoms with van der Waals surface area (Å²) < 4.78 is 0. The van der Waals surface area contributed by atoms with Crippen molar-refractivity contribution in [3.05, 3.63) is 41.4 Å². The van der Waals surface area contributed by atoms with E-state index >= 15 is 0 Å². The molecule has 1 fully saturated rings.